The lowest BCUT2D eigenvalue weighted by Crippen LogP contribution is -1.96. The summed E-state index contributed by atoms with van der Waals surface area (Å²) in [6.07, 6.45) is 0. The van der Waals surface area contributed by atoms with Gasteiger partial charge < -0.3 is 9.05 Å². The minimum absolute atomic E-state index is 0.478. The van der Waals surface area contributed by atoms with Crippen molar-refractivity contribution in [1.29, 1.82) is 0 Å². The van der Waals surface area contributed by atoms with Gasteiger partial charge in [0.2, 0.25) is 0 Å². The van der Waals surface area contributed by atoms with Gasteiger partial charge in [-0.05, 0) is 94.0 Å². The predicted molar refractivity (Wildman–Crippen MR) is 196 cm³/mol. The SMILES string of the molecule is O=[PH](Oc1cccc(-c2ccc(Br)cc2)c1-c1ccc(Br)cc1)Oc1cccc(-c2ccc(Br)cc2)c1-c1ccc(Br)cc1. The molecule has 0 bridgehead atoms. The second-order valence-corrected chi connectivity index (χ2v) is 14.4. The Morgan fingerprint density at radius 1 is 0.386 bits per heavy atom. The van der Waals surface area contributed by atoms with E-state index in [1.54, 1.807) is 0 Å². The lowest BCUT2D eigenvalue weighted by Gasteiger charge is -2.19. The number of benzene rings is 6. The van der Waals surface area contributed by atoms with Crippen LogP contribution in [-0.2, 0) is 4.57 Å². The van der Waals surface area contributed by atoms with Crippen molar-refractivity contribution >= 4 is 72.0 Å². The molecule has 0 saturated carbocycles. The van der Waals surface area contributed by atoms with Crippen LogP contribution < -0.4 is 9.05 Å². The summed E-state index contributed by atoms with van der Waals surface area (Å²) in [5.41, 5.74) is 7.48. The van der Waals surface area contributed by atoms with E-state index in [0.717, 1.165) is 62.4 Å². The van der Waals surface area contributed by atoms with E-state index in [0.29, 0.717) is 11.5 Å². The van der Waals surface area contributed by atoms with Crippen molar-refractivity contribution in [2.24, 2.45) is 0 Å². The first-order valence-electron chi connectivity index (χ1n) is 13.6. The monoisotopic (exact) mass is 850 g/mol. The van der Waals surface area contributed by atoms with Gasteiger partial charge in [0.05, 0.1) is 0 Å². The molecule has 0 aliphatic carbocycles. The molecule has 0 aliphatic rings. The van der Waals surface area contributed by atoms with Gasteiger partial charge in [-0.25, -0.2) is 4.57 Å². The minimum Gasteiger partial charge on any atom is -0.417 e. The molecule has 8 heteroatoms. The predicted octanol–water partition coefficient (Wildman–Crippen LogP) is 13.3. The molecule has 0 saturated heterocycles. The fourth-order valence-electron chi connectivity index (χ4n) is 5.00. The molecule has 0 radical (unpaired) electrons. The standard InChI is InChI=1S/C36H23Br4O3P/c37-27-15-7-23(8-16-27)31-3-1-5-33(35(31)25-11-19-29(39)20-12-25)42-44(41)43-34-6-2-4-32(24-9-17-28(38)18-10-24)36(34)26-13-21-30(40)22-14-26/h1-22,44H. The van der Waals surface area contributed by atoms with E-state index >= 15 is 0 Å². The zero-order valence-electron chi connectivity index (χ0n) is 22.9. The van der Waals surface area contributed by atoms with Crippen molar-refractivity contribution in [2.45, 2.75) is 0 Å². The van der Waals surface area contributed by atoms with Gasteiger partial charge >= 0.3 is 8.25 Å². The molecule has 218 valence electrons. The third kappa shape index (κ3) is 7.14. The summed E-state index contributed by atoms with van der Waals surface area (Å²) >= 11 is 14.1. The third-order valence-electron chi connectivity index (χ3n) is 7.02. The van der Waals surface area contributed by atoms with Crippen molar-refractivity contribution in [3.63, 3.8) is 0 Å². The highest BCUT2D eigenvalue weighted by Gasteiger charge is 2.19. The maximum absolute atomic E-state index is 13.8. The molecule has 0 fully saturated rings. The quantitative estimate of drug-likeness (QED) is 0.143. The summed E-state index contributed by atoms with van der Waals surface area (Å²) in [7, 11) is -3.06. The van der Waals surface area contributed by atoms with E-state index in [4.69, 9.17) is 9.05 Å². The molecule has 3 nitrogen and oxygen atoms in total. The Kier molecular flexibility index (Phi) is 9.89. The molecule has 44 heavy (non-hydrogen) atoms. The number of hydrogen-bond acceptors (Lipinski definition) is 3. The lowest BCUT2D eigenvalue weighted by molar-refractivity contribution is 0.417. The largest absolute Gasteiger partial charge is 0.419 e. The van der Waals surface area contributed by atoms with Crippen molar-refractivity contribution in [1.82, 2.24) is 0 Å². The summed E-state index contributed by atoms with van der Waals surface area (Å²) in [6.45, 7) is 0. The van der Waals surface area contributed by atoms with E-state index < -0.39 is 8.25 Å². The van der Waals surface area contributed by atoms with Crippen LogP contribution in [0.3, 0.4) is 0 Å². The van der Waals surface area contributed by atoms with Crippen LogP contribution in [0.1, 0.15) is 0 Å². The highest BCUT2D eigenvalue weighted by molar-refractivity contribution is 9.11. The summed E-state index contributed by atoms with van der Waals surface area (Å²) in [5, 5.41) is 0. The summed E-state index contributed by atoms with van der Waals surface area (Å²) in [6, 6.07) is 43.7. The van der Waals surface area contributed by atoms with Crippen LogP contribution in [0.25, 0.3) is 44.5 Å². The van der Waals surface area contributed by atoms with Gasteiger partial charge in [0.25, 0.3) is 0 Å². The topological polar surface area (TPSA) is 35.5 Å². The summed E-state index contributed by atoms with van der Waals surface area (Å²) in [4.78, 5) is 0. The third-order valence-corrected chi connectivity index (χ3v) is 9.90. The Morgan fingerprint density at radius 2 is 0.682 bits per heavy atom. The maximum atomic E-state index is 13.8. The molecule has 0 atom stereocenters. The first-order valence-corrected chi connectivity index (χ1v) is 17.9. The van der Waals surface area contributed by atoms with Crippen LogP contribution in [-0.4, -0.2) is 0 Å². The average Bonchev–Trinajstić information content (AvgIpc) is 3.03. The number of rotatable bonds is 8. The molecule has 0 unspecified atom stereocenters. The lowest BCUT2D eigenvalue weighted by atomic mass is 9.94. The van der Waals surface area contributed by atoms with Gasteiger partial charge in [-0.3, -0.25) is 0 Å². The highest BCUT2D eigenvalue weighted by Crippen LogP contribution is 2.46. The summed E-state index contributed by atoms with van der Waals surface area (Å²) < 4.78 is 30.0. The van der Waals surface area contributed by atoms with Gasteiger partial charge in [0.1, 0.15) is 11.5 Å². The van der Waals surface area contributed by atoms with Crippen LogP contribution in [0.4, 0.5) is 0 Å². The van der Waals surface area contributed by atoms with Crippen LogP contribution in [0.2, 0.25) is 0 Å². The fraction of sp³-hybridized carbons (Fsp3) is 0. The van der Waals surface area contributed by atoms with E-state index in [9.17, 15) is 4.57 Å². The zero-order valence-corrected chi connectivity index (χ0v) is 30.3. The minimum atomic E-state index is -3.06. The second-order valence-electron chi connectivity index (χ2n) is 9.84. The van der Waals surface area contributed by atoms with E-state index in [1.165, 1.54) is 0 Å². The van der Waals surface area contributed by atoms with Crippen LogP contribution in [0.5, 0.6) is 11.5 Å². The van der Waals surface area contributed by atoms with Crippen molar-refractivity contribution in [3.8, 4) is 56.0 Å². The first kappa shape index (κ1) is 31.1. The Hall–Kier alpha value is -2.93. The Balaban J connectivity index is 1.40. The van der Waals surface area contributed by atoms with E-state index in [2.05, 4.69) is 63.7 Å². The van der Waals surface area contributed by atoms with Crippen molar-refractivity contribution < 1.29 is 13.6 Å². The molecule has 6 rings (SSSR count). The number of hydrogen-bond donors (Lipinski definition) is 0. The molecule has 0 heterocycles. The van der Waals surface area contributed by atoms with Crippen LogP contribution in [0, 0.1) is 0 Å². The second kappa shape index (κ2) is 14.0. The number of halogens is 4. The molecule has 0 N–H and O–H groups in total. The zero-order chi connectivity index (χ0) is 30.6. The van der Waals surface area contributed by atoms with Crippen molar-refractivity contribution in [3.05, 3.63) is 151 Å². The van der Waals surface area contributed by atoms with Gasteiger partial charge in [-0.15, -0.1) is 0 Å². The molecule has 0 amide bonds. The molecular weight excluding hydrogens is 831 g/mol. The molecule has 0 spiro atoms. The fourth-order valence-corrected chi connectivity index (χ4v) is 6.80. The highest BCUT2D eigenvalue weighted by atomic mass is 79.9. The van der Waals surface area contributed by atoms with Gasteiger partial charge in [-0.1, -0.05) is 137 Å². The van der Waals surface area contributed by atoms with E-state index in [-0.39, 0.29) is 0 Å². The Labute approximate surface area is 290 Å². The maximum Gasteiger partial charge on any atom is 0.419 e. The molecule has 6 aromatic carbocycles. The molecule has 0 aromatic heterocycles. The molecular formula is C36H23Br4O3P. The summed E-state index contributed by atoms with van der Waals surface area (Å²) in [5.74, 6) is 0.955. The molecule has 6 aromatic rings. The van der Waals surface area contributed by atoms with Gasteiger partial charge in [0, 0.05) is 29.0 Å². The first-order chi connectivity index (χ1) is 21.4. The van der Waals surface area contributed by atoms with Gasteiger partial charge in [-0.2, -0.15) is 0 Å². The Morgan fingerprint density at radius 3 is 1.00 bits per heavy atom. The smallest absolute Gasteiger partial charge is 0.417 e. The Bertz CT molecular complexity index is 1800. The molecule has 0 aliphatic heterocycles. The van der Waals surface area contributed by atoms with Crippen molar-refractivity contribution in [2.75, 3.05) is 0 Å². The van der Waals surface area contributed by atoms with Crippen LogP contribution in [0.15, 0.2) is 151 Å². The normalized spacial score (nSPS) is 11.0. The van der Waals surface area contributed by atoms with E-state index in [1.807, 2.05) is 133 Å². The van der Waals surface area contributed by atoms with Crippen LogP contribution >= 0.6 is 72.0 Å². The average molecular weight is 854 g/mol. The van der Waals surface area contributed by atoms with Gasteiger partial charge in [0.15, 0.2) is 0 Å².